The van der Waals surface area contributed by atoms with Crippen LogP contribution in [0.3, 0.4) is 0 Å². The van der Waals surface area contributed by atoms with Gasteiger partial charge in [0.2, 0.25) is 0 Å². The number of nitrogens with one attached hydrogen (secondary N) is 1. The van der Waals surface area contributed by atoms with E-state index in [4.69, 9.17) is 11.6 Å². The van der Waals surface area contributed by atoms with Gasteiger partial charge in [-0.25, -0.2) is 0 Å². The molecule has 0 amide bonds. The molecule has 2 nitrogen and oxygen atoms in total. The molecule has 1 N–H and O–H groups in total. The van der Waals surface area contributed by atoms with Crippen molar-refractivity contribution in [3.8, 4) is 0 Å². The van der Waals surface area contributed by atoms with Gasteiger partial charge in [-0.15, -0.1) is 0 Å². The first-order valence-corrected chi connectivity index (χ1v) is 6.79. The quantitative estimate of drug-likeness (QED) is 0.838. The fraction of sp³-hybridized carbons (Fsp3) is 0.400. The third-order valence-corrected chi connectivity index (χ3v) is 2.92. The summed E-state index contributed by atoms with van der Waals surface area (Å²) in [5.41, 5.74) is 3.11. The molecule has 98 valence electrons. The zero-order valence-corrected chi connectivity index (χ0v) is 12.0. The Morgan fingerprint density at radius 2 is 1.94 bits per heavy atom. The molecule has 1 aliphatic rings. The van der Waals surface area contributed by atoms with Crippen molar-refractivity contribution in [3.63, 3.8) is 0 Å². The predicted octanol–water partition coefficient (Wildman–Crippen LogP) is 4.72. The third-order valence-electron chi connectivity index (χ3n) is 2.69. The molecular formula is C15H20ClNO. The zero-order valence-electron chi connectivity index (χ0n) is 11.2. The van der Waals surface area contributed by atoms with Gasteiger partial charge in [0.25, 0.3) is 0 Å². The highest BCUT2D eigenvalue weighted by molar-refractivity contribution is 6.30. The number of ketones is 1. The Morgan fingerprint density at radius 3 is 2.56 bits per heavy atom. The van der Waals surface area contributed by atoms with Crippen LogP contribution in [0.25, 0.3) is 0 Å². The number of benzene rings is 1. The Bertz CT molecular complexity index is 452. The Kier molecular flexibility index (Phi) is 5.93. The van der Waals surface area contributed by atoms with Crippen molar-refractivity contribution in [1.29, 1.82) is 0 Å². The summed E-state index contributed by atoms with van der Waals surface area (Å²) in [5, 5.41) is 4.02. The highest BCUT2D eigenvalue weighted by Crippen LogP contribution is 2.23. The number of halogens is 1. The molecule has 1 aliphatic carbocycles. The van der Waals surface area contributed by atoms with Crippen molar-refractivity contribution >= 4 is 23.1 Å². The molecule has 0 saturated carbocycles. The Balaban J connectivity index is 0.000000771. The molecule has 0 heterocycles. The van der Waals surface area contributed by atoms with Crippen molar-refractivity contribution in [1.82, 2.24) is 0 Å². The van der Waals surface area contributed by atoms with Crippen LogP contribution in [0, 0.1) is 6.92 Å². The van der Waals surface area contributed by atoms with Gasteiger partial charge >= 0.3 is 0 Å². The molecule has 0 saturated heterocycles. The highest BCUT2D eigenvalue weighted by Gasteiger charge is 2.10. The first-order valence-electron chi connectivity index (χ1n) is 6.42. The first kappa shape index (κ1) is 14.8. The van der Waals surface area contributed by atoms with Gasteiger partial charge in [0, 0.05) is 28.9 Å². The lowest BCUT2D eigenvalue weighted by atomic mass is 10.0. The molecule has 0 spiro atoms. The van der Waals surface area contributed by atoms with Crippen LogP contribution in [-0.4, -0.2) is 5.78 Å². The molecule has 0 unspecified atom stereocenters. The summed E-state index contributed by atoms with van der Waals surface area (Å²) in [7, 11) is 0. The summed E-state index contributed by atoms with van der Waals surface area (Å²) in [6.45, 7) is 6.00. The number of allylic oxidation sites excluding steroid dienone is 2. The van der Waals surface area contributed by atoms with Crippen LogP contribution in [-0.2, 0) is 4.79 Å². The van der Waals surface area contributed by atoms with Crippen molar-refractivity contribution in [2.45, 2.75) is 40.0 Å². The summed E-state index contributed by atoms with van der Waals surface area (Å²) in [5.74, 6) is 0.209. The monoisotopic (exact) mass is 265 g/mol. The van der Waals surface area contributed by atoms with Crippen LogP contribution in [0.15, 0.2) is 30.0 Å². The Morgan fingerprint density at radius 1 is 1.22 bits per heavy atom. The van der Waals surface area contributed by atoms with Crippen LogP contribution >= 0.6 is 11.6 Å². The molecule has 0 aliphatic heterocycles. The van der Waals surface area contributed by atoms with E-state index >= 15 is 0 Å². The second kappa shape index (κ2) is 7.22. The van der Waals surface area contributed by atoms with Gasteiger partial charge < -0.3 is 5.32 Å². The van der Waals surface area contributed by atoms with E-state index < -0.39 is 0 Å². The fourth-order valence-corrected chi connectivity index (χ4v) is 2.06. The number of hydrogen-bond donors (Lipinski definition) is 1. The average Bonchev–Trinajstić information content (AvgIpc) is 2.35. The van der Waals surface area contributed by atoms with E-state index in [-0.39, 0.29) is 5.78 Å². The van der Waals surface area contributed by atoms with Crippen LogP contribution in [0.5, 0.6) is 0 Å². The Hall–Kier alpha value is -1.28. The number of rotatable bonds is 2. The largest absolute Gasteiger partial charge is 0.359 e. The zero-order chi connectivity index (χ0) is 13.5. The molecule has 3 heteroatoms. The van der Waals surface area contributed by atoms with E-state index in [1.807, 2.05) is 39.0 Å². The molecule has 18 heavy (non-hydrogen) atoms. The van der Waals surface area contributed by atoms with Gasteiger partial charge in [-0.3, -0.25) is 4.79 Å². The van der Waals surface area contributed by atoms with E-state index in [9.17, 15) is 4.79 Å². The van der Waals surface area contributed by atoms with Gasteiger partial charge in [0.1, 0.15) is 0 Å². The maximum Gasteiger partial charge on any atom is 0.157 e. The van der Waals surface area contributed by atoms with Crippen LogP contribution in [0.4, 0.5) is 5.69 Å². The molecule has 0 bridgehead atoms. The number of anilines is 1. The lowest BCUT2D eigenvalue weighted by molar-refractivity contribution is -0.115. The van der Waals surface area contributed by atoms with Crippen molar-refractivity contribution in [3.05, 3.63) is 40.6 Å². The molecule has 1 aromatic rings. The van der Waals surface area contributed by atoms with Crippen molar-refractivity contribution in [2.24, 2.45) is 0 Å². The summed E-state index contributed by atoms with van der Waals surface area (Å²) in [6.07, 6.45) is 4.25. The number of aryl methyl sites for hydroxylation is 1. The number of carbonyl (C=O) groups excluding carboxylic acids is 1. The molecule has 0 fully saturated rings. The molecule has 0 atom stereocenters. The smallest absolute Gasteiger partial charge is 0.157 e. The van der Waals surface area contributed by atoms with E-state index in [1.54, 1.807) is 6.08 Å². The maximum atomic E-state index is 11.3. The topological polar surface area (TPSA) is 29.1 Å². The molecule has 1 aromatic carbocycles. The van der Waals surface area contributed by atoms with Gasteiger partial charge in [-0.2, -0.15) is 0 Å². The summed E-state index contributed by atoms with van der Waals surface area (Å²) < 4.78 is 0. The van der Waals surface area contributed by atoms with Crippen molar-refractivity contribution < 1.29 is 4.79 Å². The minimum Gasteiger partial charge on any atom is -0.359 e. The SMILES string of the molecule is CC.Cc1cc(Cl)ccc1NC1=CC(=O)CCC1. The highest BCUT2D eigenvalue weighted by atomic mass is 35.5. The third kappa shape index (κ3) is 4.19. The van der Waals surface area contributed by atoms with Crippen LogP contribution in [0.1, 0.15) is 38.7 Å². The van der Waals surface area contributed by atoms with E-state index in [2.05, 4.69) is 5.32 Å². The normalized spacial score (nSPS) is 14.4. The van der Waals surface area contributed by atoms with Crippen LogP contribution in [0.2, 0.25) is 5.02 Å². The van der Waals surface area contributed by atoms with Gasteiger partial charge in [0.05, 0.1) is 0 Å². The van der Waals surface area contributed by atoms with Gasteiger partial charge in [0.15, 0.2) is 5.78 Å². The second-order valence-corrected chi connectivity index (χ2v) is 4.51. The summed E-state index contributed by atoms with van der Waals surface area (Å²) >= 11 is 5.89. The minimum absolute atomic E-state index is 0.209. The van der Waals surface area contributed by atoms with E-state index in [1.165, 1.54) is 0 Å². The Labute approximate surface area is 114 Å². The fourth-order valence-electron chi connectivity index (χ4n) is 1.83. The molecule has 0 radical (unpaired) electrons. The number of carbonyl (C=O) groups is 1. The van der Waals surface area contributed by atoms with E-state index in [0.29, 0.717) is 6.42 Å². The maximum absolute atomic E-state index is 11.3. The predicted molar refractivity (Wildman–Crippen MR) is 78.1 cm³/mol. The second-order valence-electron chi connectivity index (χ2n) is 4.07. The van der Waals surface area contributed by atoms with Crippen LogP contribution < -0.4 is 5.32 Å². The number of hydrogen-bond acceptors (Lipinski definition) is 2. The summed E-state index contributed by atoms with van der Waals surface area (Å²) in [4.78, 5) is 11.3. The van der Waals surface area contributed by atoms with Crippen molar-refractivity contribution in [2.75, 3.05) is 5.32 Å². The lowest BCUT2D eigenvalue weighted by Crippen LogP contribution is -2.09. The molecule has 2 rings (SSSR count). The molecular weight excluding hydrogens is 246 g/mol. The first-order chi connectivity index (χ1) is 8.65. The van der Waals surface area contributed by atoms with Gasteiger partial charge in [-0.1, -0.05) is 25.4 Å². The molecule has 0 aromatic heterocycles. The average molecular weight is 266 g/mol. The standard InChI is InChI=1S/C13H14ClNO.C2H6/c1-9-7-10(14)5-6-13(9)15-11-3-2-4-12(16)8-11;1-2/h5-8,15H,2-4H2,1H3;1-2H3. The minimum atomic E-state index is 0.209. The van der Waals surface area contributed by atoms with Gasteiger partial charge in [-0.05, 0) is 43.5 Å². The summed E-state index contributed by atoms with van der Waals surface area (Å²) in [6, 6.07) is 5.70. The lowest BCUT2D eigenvalue weighted by Gasteiger charge is -2.16. The van der Waals surface area contributed by atoms with E-state index in [0.717, 1.165) is 34.8 Å².